The van der Waals surface area contributed by atoms with Crippen molar-refractivity contribution in [2.24, 2.45) is 0 Å². The van der Waals surface area contributed by atoms with Gasteiger partial charge in [-0.3, -0.25) is 4.79 Å². The number of aryl methyl sites for hydroxylation is 1. The van der Waals surface area contributed by atoms with Crippen LogP contribution in [-0.2, 0) is 11.2 Å². The van der Waals surface area contributed by atoms with Crippen molar-refractivity contribution in [2.75, 3.05) is 12.4 Å². The Bertz CT molecular complexity index is 1220. The Morgan fingerprint density at radius 3 is 2.90 bits per heavy atom. The second-order valence-corrected chi connectivity index (χ2v) is 7.80. The summed E-state index contributed by atoms with van der Waals surface area (Å²) in [4.78, 5) is 20.9. The summed E-state index contributed by atoms with van der Waals surface area (Å²) in [6, 6.07) is 11.9. The van der Waals surface area contributed by atoms with E-state index < -0.39 is 5.82 Å². The Kier molecular flexibility index (Phi) is 6.29. The molecule has 158 valence electrons. The van der Waals surface area contributed by atoms with E-state index in [1.807, 2.05) is 18.2 Å². The predicted octanol–water partition coefficient (Wildman–Crippen LogP) is 5.84. The van der Waals surface area contributed by atoms with Crippen molar-refractivity contribution < 1.29 is 18.3 Å². The van der Waals surface area contributed by atoms with Crippen molar-refractivity contribution in [1.82, 2.24) is 9.97 Å². The molecule has 4 rings (SSSR count). The van der Waals surface area contributed by atoms with E-state index in [2.05, 4.69) is 15.3 Å². The van der Waals surface area contributed by atoms with Gasteiger partial charge in [0.1, 0.15) is 0 Å². The maximum Gasteiger partial charge on any atom is 0.226 e. The summed E-state index contributed by atoms with van der Waals surface area (Å²) in [7, 11) is 1.41. The lowest BCUT2D eigenvalue weighted by Gasteiger charge is -2.03. The highest BCUT2D eigenvalue weighted by atomic mass is 35.5. The van der Waals surface area contributed by atoms with Gasteiger partial charge in [0.25, 0.3) is 0 Å². The first-order chi connectivity index (χ1) is 15.0. The third-order valence-electron chi connectivity index (χ3n) is 4.46. The Labute approximate surface area is 186 Å². The Hall–Kier alpha value is -3.23. The summed E-state index contributed by atoms with van der Waals surface area (Å²) in [5.41, 5.74) is 1.92. The van der Waals surface area contributed by atoms with Gasteiger partial charge in [0.05, 0.1) is 24.0 Å². The monoisotopic (exact) mass is 457 g/mol. The summed E-state index contributed by atoms with van der Waals surface area (Å²) in [6.07, 6.45) is 2.10. The van der Waals surface area contributed by atoms with E-state index in [4.69, 9.17) is 20.8 Å². The van der Waals surface area contributed by atoms with Gasteiger partial charge >= 0.3 is 0 Å². The maximum atomic E-state index is 13.9. The van der Waals surface area contributed by atoms with E-state index in [1.165, 1.54) is 30.6 Å². The summed E-state index contributed by atoms with van der Waals surface area (Å²) in [6.45, 7) is 0. The molecule has 4 aromatic rings. The molecule has 0 unspecified atom stereocenters. The molecule has 0 atom stereocenters. The summed E-state index contributed by atoms with van der Waals surface area (Å²) < 4.78 is 24.5. The average molecular weight is 458 g/mol. The van der Waals surface area contributed by atoms with Crippen LogP contribution in [0.3, 0.4) is 0 Å². The number of amides is 1. The van der Waals surface area contributed by atoms with Crippen molar-refractivity contribution in [1.29, 1.82) is 0 Å². The molecular weight excluding hydrogens is 441 g/mol. The zero-order chi connectivity index (χ0) is 21.8. The highest BCUT2D eigenvalue weighted by Crippen LogP contribution is 2.29. The topological polar surface area (TPSA) is 77.2 Å². The van der Waals surface area contributed by atoms with Gasteiger partial charge in [0.2, 0.25) is 5.91 Å². The molecule has 2 aromatic carbocycles. The molecule has 0 aliphatic carbocycles. The molecule has 1 amide bonds. The van der Waals surface area contributed by atoms with Gasteiger partial charge < -0.3 is 14.5 Å². The number of hydrogen-bond donors (Lipinski definition) is 1. The van der Waals surface area contributed by atoms with E-state index in [1.54, 1.807) is 23.7 Å². The number of carbonyl (C=O) groups excluding carboxylic acids is 1. The molecule has 1 N–H and O–H groups in total. The highest BCUT2D eigenvalue weighted by molar-refractivity contribution is 7.14. The fourth-order valence-electron chi connectivity index (χ4n) is 2.90. The highest BCUT2D eigenvalue weighted by Gasteiger charge is 2.13. The van der Waals surface area contributed by atoms with Crippen molar-refractivity contribution in [3.8, 4) is 28.3 Å². The molecule has 0 spiro atoms. The zero-order valence-corrected chi connectivity index (χ0v) is 18.0. The summed E-state index contributed by atoms with van der Waals surface area (Å²) in [5.74, 6) is 0.465. The van der Waals surface area contributed by atoms with Gasteiger partial charge in [-0.1, -0.05) is 23.7 Å². The average Bonchev–Trinajstić information content (AvgIpc) is 3.42. The normalized spacial score (nSPS) is 10.8. The molecule has 9 heteroatoms. The Morgan fingerprint density at radius 1 is 1.29 bits per heavy atom. The van der Waals surface area contributed by atoms with Gasteiger partial charge in [-0.25, -0.2) is 14.4 Å². The molecule has 2 aromatic heterocycles. The number of rotatable bonds is 7. The van der Waals surface area contributed by atoms with Crippen molar-refractivity contribution in [3.63, 3.8) is 0 Å². The van der Waals surface area contributed by atoms with E-state index in [0.29, 0.717) is 39.5 Å². The summed E-state index contributed by atoms with van der Waals surface area (Å²) in [5, 5.41) is 5.50. The number of nitrogens with one attached hydrogen (secondary N) is 1. The molecule has 0 saturated heterocycles. The molecule has 0 saturated carbocycles. The van der Waals surface area contributed by atoms with Crippen LogP contribution in [-0.4, -0.2) is 23.0 Å². The Balaban J connectivity index is 1.35. The molecule has 2 heterocycles. The first kappa shape index (κ1) is 21.0. The minimum atomic E-state index is -0.472. The van der Waals surface area contributed by atoms with E-state index in [0.717, 1.165) is 5.56 Å². The van der Waals surface area contributed by atoms with Crippen LogP contribution in [0.2, 0.25) is 5.02 Å². The number of methoxy groups -OCH3 is 1. The van der Waals surface area contributed by atoms with Crippen LogP contribution < -0.4 is 10.1 Å². The number of halogens is 2. The fraction of sp³-hybridized carbons (Fsp3) is 0.136. The lowest BCUT2D eigenvalue weighted by molar-refractivity contribution is -0.116. The first-order valence-electron chi connectivity index (χ1n) is 9.32. The standard InChI is InChI=1S/C22H17ClFN3O3S/c1-29-18-7-6-13(10-16(18)24)17-12-31-22(26-17)27-20(28)8-9-21-25-11-19(30-21)14-4-2-3-5-15(14)23/h2-7,10-12H,8-9H2,1H3,(H,26,27,28). The lowest BCUT2D eigenvalue weighted by atomic mass is 10.1. The molecule has 0 radical (unpaired) electrons. The van der Waals surface area contributed by atoms with Crippen LogP contribution in [0, 0.1) is 5.82 Å². The van der Waals surface area contributed by atoms with Crippen molar-refractivity contribution in [2.45, 2.75) is 12.8 Å². The zero-order valence-electron chi connectivity index (χ0n) is 16.4. The van der Waals surface area contributed by atoms with Gasteiger partial charge in [-0.2, -0.15) is 0 Å². The smallest absolute Gasteiger partial charge is 0.226 e. The molecule has 6 nitrogen and oxygen atoms in total. The molecule has 0 bridgehead atoms. The van der Waals surface area contributed by atoms with Crippen LogP contribution in [0.15, 0.2) is 58.5 Å². The molecule has 31 heavy (non-hydrogen) atoms. The Morgan fingerprint density at radius 2 is 2.13 bits per heavy atom. The van der Waals surface area contributed by atoms with Crippen LogP contribution in [0.25, 0.3) is 22.6 Å². The molecule has 0 aliphatic rings. The quantitative estimate of drug-likeness (QED) is 0.377. The second-order valence-electron chi connectivity index (χ2n) is 6.53. The lowest BCUT2D eigenvalue weighted by Crippen LogP contribution is -2.12. The van der Waals surface area contributed by atoms with Gasteiger partial charge in [0, 0.05) is 29.3 Å². The third-order valence-corrected chi connectivity index (χ3v) is 5.54. The SMILES string of the molecule is COc1ccc(-c2csc(NC(=O)CCc3ncc(-c4ccccc4Cl)o3)n2)cc1F. The largest absolute Gasteiger partial charge is 0.494 e. The van der Waals surface area contributed by atoms with Gasteiger partial charge in [-0.15, -0.1) is 11.3 Å². The number of anilines is 1. The van der Waals surface area contributed by atoms with E-state index >= 15 is 0 Å². The number of aromatic nitrogens is 2. The number of oxazole rings is 1. The van der Waals surface area contributed by atoms with Crippen LogP contribution in [0.4, 0.5) is 9.52 Å². The van der Waals surface area contributed by atoms with Crippen molar-refractivity contribution >= 4 is 34.0 Å². The predicted molar refractivity (Wildman–Crippen MR) is 118 cm³/mol. The van der Waals surface area contributed by atoms with Crippen LogP contribution in [0.5, 0.6) is 5.75 Å². The summed E-state index contributed by atoms with van der Waals surface area (Å²) >= 11 is 7.43. The first-order valence-corrected chi connectivity index (χ1v) is 10.6. The number of thiazole rings is 1. The van der Waals surface area contributed by atoms with E-state index in [-0.39, 0.29) is 18.1 Å². The van der Waals surface area contributed by atoms with Gasteiger partial charge in [0.15, 0.2) is 28.3 Å². The number of benzene rings is 2. The third kappa shape index (κ3) is 4.92. The number of hydrogen-bond acceptors (Lipinski definition) is 6. The number of nitrogens with zero attached hydrogens (tertiary/aromatic N) is 2. The molecule has 0 aliphatic heterocycles. The van der Waals surface area contributed by atoms with Crippen LogP contribution >= 0.6 is 22.9 Å². The number of carbonyl (C=O) groups is 1. The minimum absolute atomic E-state index is 0.164. The molecule has 0 fully saturated rings. The van der Waals surface area contributed by atoms with Gasteiger partial charge in [-0.05, 0) is 30.3 Å². The fourth-order valence-corrected chi connectivity index (χ4v) is 3.87. The maximum absolute atomic E-state index is 13.9. The molecular formula is C22H17ClFN3O3S. The van der Waals surface area contributed by atoms with E-state index in [9.17, 15) is 9.18 Å². The van der Waals surface area contributed by atoms with Crippen LogP contribution in [0.1, 0.15) is 12.3 Å². The van der Waals surface area contributed by atoms with Crippen molar-refractivity contribution in [3.05, 3.63) is 70.8 Å². The number of ether oxygens (including phenoxy) is 1. The minimum Gasteiger partial charge on any atom is -0.494 e. The second kappa shape index (κ2) is 9.28.